The molecule has 1 N–H and O–H groups in total. The monoisotopic (exact) mass is 238 g/mol. The van der Waals surface area contributed by atoms with Crippen molar-refractivity contribution in [1.82, 2.24) is 10.2 Å². The van der Waals surface area contributed by atoms with E-state index < -0.39 is 18.6 Å². The van der Waals surface area contributed by atoms with Crippen molar-refractivity contribution in [3.05, 3.63) is 0 Å². The third-order valence-electron chi connectivity index (χ3n) is 2.75. The standard InChI is InChI=1S/C10H17F3N2O/c1-3-14-8-4-5-15(9(8)16)7(2)6-10(11,12)13/h7-8,14H,3-6H2,1-2H3. The zero-order chi connectivity index (χ0) is 12.3. The van der Waals surface area contributed by atoms with Crippen LogP contribution in [0.2, 0.25) is 0 Å². The van der Waals surface area contributed by atoms with Crippen LogP contribution in [-0.4, -0.2) is 42.2 Å². The van der Waals surface area contributed by atoms with E-state index in [2.05, 4.69) is 5.32 Å². The van der Waals surface area contributed by atoms with E-state index in [1.54, 1.807) is 0 Å². The molecule has 0 spiro atoms. The van der Waals surface area contributed by atoms with E-state index in [1.807, 2.05) is 6.92 Å². The molecule has 1 heterocycles. The van der Waals surface area contributed by atoms with Crippen molar-refractivity contribution in [2.24, 2.45) is 0 Å². The summed E-state index contributed by atoms with van der Waals surface area (Å²) in [5, 5.41) is 2.97. The first-order valence-electron chi connectivity index (χ1n) is 5.45. The van der Waals surface area contributed by atoms with Gasteiger partial charge < -0.3 is 10.2 Å². The lowest BCUT2D eigenvalue weighted by Gasteiger charge is -2.25. The highest BCUT2D eigenvalue weighted by molar-refractivity contribution is 5.84. The van der Waals surface area contributed by atoms with Crippen LogP contribution in [0.1, 0.15) is 26.7 Å². The van der Waals surface area contributed by atoms with E-state index in [0.29, 0.717) is 19.5 Å². The Bertz CT molecular complexity index is 255. The van der Waals surface area contributed by atoms with Gasteiger partial charge in [-0.2, -0.15) is 13.2 Å². The summed E-state index contributed by atoms with van der Waals surface area (Å²) < 4.78 is 36.5. The first kappa shape index (κ1) is 13.3. The first-order valence-corrected chi connectivity index (χ1v) is 5.45. The van der Waals surface area contributed by atoms with Crippen molar-refractivity contribution in [3.8, 4) is 0 Å². The number of amides is 1. The zero-order valence-corrected chi connectivity index (χ0v) is 9.47. The molecule has 2 unspecified atom stereocenters. The number of carbonyl (C=O) groups is 1. The Kier molecular flexibility index (Phi) is 4.18. The molecule has 0 aliphatic carbocycles. The molecule has 1 amide bonds. The lowest BCUT2D eigenvalue weighted by atomic mass is 10.2. The van der Waals surface area contributed by atoms with Crippen LogP contribution in [0, 0.1) is 0 Å². The number of halogens is 3. The molecule has 1 fully saturated rings. The Balaban J connectivity index is 2.53. The van der Waals surface area contributed by atoms with Crippen LogP contribution in [-0.2, 0) is 4.79 Å². The SMILES string of the molecule is CCNC1CCN(C(C)CC(F)(F)F)C1=O. The average Bonchev–Trinajstić information content (AvgIpc) is 2.46. The highest BCUT2D eigenvalue weighted by atomic mass is 19.4. The molecule has 1 rings (SSSR count). The van der Waals surface area contributed by atoms with Crippen LogP contribution >= 0.6 is 0 Å². The molecular formula is C10H17F3N2O. The van der Waals surface area contributed by atoms with Crippen molar-refractivity contribution < 1.29 is 18.0 Å². The van der Waals surface area contributed by atoms with E-state index in [9.17, 15) is 18.0 Å². The number of hydrogen-bond acceptors (Lipinski definition) is 2. The molecule has 1 aliphatic heterocycles. The molecule has 6 heteroatoms. The van der Waals surface area contributed by atoms with Crippen molar-refractivity contribution >= 4 is 5.91 Å². The molecule has 0 aromatic rings. The van der Waals surface area contributed by atoms with Crippen LogP contribution < -0.4 is 5.32 Å². The predicted molar refractivity (Wildman–Crippen MR) is 53.9 cm³/mol. The second-order valence-corrected chi connectivity index (χ2v) is 4.10. The van der Waals surface area contributed by atoms with Crippen LogP contribution in [0.25, 0.3) is 0 Å². The average molecular weight is 238 g/mol. The number of nitrogens with zero attached hydrogens (tertiary/aromatic N) is 1. The summed E-state index contributed by atoms with van der Waals surface area (Å²) in [6, 6.07) is -1.07. The van der Waals surface area contributed by atoms with E-state index in [4.69, 9.17) is 0 Å². The number of hydrogen-bond donors (Lipinski definition) is 1. The summed E-state index contributed by atoms with van der Waals surface area (Å²) in [4.78, 5) is 13.0. The van der Waals surface area contributed by atoms with Crippen molar-refractivity contribution in [2.75, 3.05) is 13.1 Å². The van der Waals surface area contributed by atoms with Crippen molar-refractivity contribution in [1.29, 1.82) is 0 Å². The van der Waals surface area contributed by atoms with Crippen LogP contribution in [0.5, 0.6) is 0 Å². The number of likely N-dealkylation sites (N-methyl/N-ethyl adjacent to an activating group) is 1. The van der Waals surface area contributed by atoms with Crippen LogP contribution in [0.4, 0.5) is 13.2 Å². The third kappa shape index (κ3) is 3.37. The topological polar surface area (TPSA) is 32.3 Å². The summed E-state index contributed by atoms with van der Waals surface area (Å²) in [5.41, 5.74) is 0. The molecule has 1 aliphatic rings. The maximum absolute atomic E-state index is 12.2. The van der Waals surface area contributed by atoms with Gasteiger partial charge in [0.25, 0.3) is 0 Å². The Morgan fingerprint density at radius 3 is 2.69 bits per heavy atom. The molecule has 0 saturated carbocycles. The lowest BCUT2D eigenvalue weighted by Crippen LogP contribution is -2.43. The third-order valence-corrected chi connectivity index (χ3v) is 2.75. The molecule has 2 atom stereocenters. The zero-order valence-electron chi connectivity index (χ0n) is 9.47. The van der Waals surface area contributed by atoms with Gasteiger partial charge in [0, 0.05) is 12.6 Å². The highest BCUT2D eigenvalue weighted by Crippen LogP contribution is 2.26. The fourth-order valence-corrected chi connectivity index (χ4v) is 2.02. The van der Waals surface area contributed by atoms with E-state index in [-0.39, 0.29) is 11.9 Å². The fraction of sp³-hybridized carbons (Fsp3) is 0.900. The quantitative estimate of drug-likeness (QED) is 0.805. The fourth-order valence-electron chi connectivity index (χ4n) is 2.02. The van der Waals surface area contributed by atoms with Gasteiger partial charge in [-0.15, -0.1) is 0 Å². The molecule has 0 aromatic carbocycles. The molecule has 16 heavy (non-hydrogen) atoms. The van der Waals surface area contributed by atoms with Crippen LogP contribution in [0.3, 0.4) is 0 Å². The second kappa shape index (κ2) is 5.03. The van der Waals surface area contributed by atoms with Gasteiger partial charge in [-0.25, -0.2) is 0 Å². The molecule has 0 aromatic heterocycles. The summed E-state index contributed by atoms with van der Waals surface area (Å²) in [6.07, 6.45) is -4.55. The molecular weight excluding hydrogens is 221 g/mol. The van der Waals surface area contributed by atoms with E-state index >= 15 is 0 Å². The Morgan fingerprint density at radius 1 is 1.56 bits per heavy atom. The van der Waals surface area contributed by atoms with Gasteiger partial charge in [-0.1, -0.05) is 6.92 Å². The summed E-state index contributed by atoms with van der Waals surface area (Å²) in [7, 11) is 0. The highest BCUT2D eigenvalue weighted by Gasteiger charge is 2.38. The van der Waals surface area contributed by atoms with Gasteiger partial charge in [-0.05, 0) is 19.9 Å². The number of likely N-dealkylation sites (tertiary alicyclic amines) is 1. The number of alkyl halides is 3. The minimum absolute atomic E-state index is 0.210. The Hall–Kier alpha value is -0.780. The van der Waals surface area contributed by atoms with Gasteiger partial charge >= 0.3 is 6.18 Å². The van der Waals surface area contributed by atoms with Crippen molar-refractivity contribution in [3.63, 3.8) is 0 Å². The first-order chi connectivity index (χ1) is 7.35. The van der Waals surface area contributed by atoms with Gasteiger partial charge in [0.15, 0.2) is 0 Å². The predicted octanol–water partition coefficient (Wildman–Crippen LogP) is 1.54. The van der Waals surface area contributed by atoms with Gasteiger partial charge in [0.2, 0.25) is 5.91 Å². The minimum atomic E-state index is -4.21. The molecule has 0 bridgehead atoms. The summed E-state index contributed by atoms with van der Waals surface area (Å²) in [6.45, 7) is 4.38. The number of nitrogens with one attached hydrogen (secondary N) is 1. The Labute approximate surface area is 93.0 Å². The maximum Gasteiger partial charge on any atom is 0.391 e. The molecule has 3 nitrogen and oxygen atoms in total. The van der Waals surface area contributed by atoms with Gasteiger partial charge in [0.1, 0.15) is 0 Å². The largest absolute Gasteiger partial charge is 0.391 e. The van der Waals surface area contributed by atoms with E-state index in [0.717, 1.165) is 0 Å². The summed E-state index contributed by atoms with van der Waals surface area (Å²) in [5.74, 6) is -0.210. The number of carbonyl (C=O) groups excluding carboxylic acids is 1. The molecule has 1 saturated heterocycles. The second-order valence-electron chi connectivity index (χ2n) is 4.10. The van der Waals surface area contributed by atoms with Crippen molar-refractivity contribution in [2.45, 2.75) is 44.9 Å². The normalized spacial score (nSPS) is 23.9. The smallest absolute Gasteiger partial charge is 0.338 e. The maximum atomic E-state index is 12.2. The minimum Gasteiger partial charge on any atom is -0.338 e. The van der Waals surface area contributed by atoms with E-state index in [1.165, 1.54) is 11.8 Å². The lowest BCUT2D eigenvalue weighted by molar-refractivity contribution is -0.151. The molecule has 0 radical (unpaired) electrons. The number of rotatable bonds is 4. The molecule has 94 valence electrons. The van der Waals surface area contributed by atoms with Gasteiger partial charge in [0.05, 0.1) is 12.5 Å². The van der Waals surface area contributed by atoms with Gasteiger partial charge in [-0.3, -0.25) is 4.79 Å². The van der Waals surface area contributed by atoms with Crippen LogP contribution in [0.15, 0.2) is 0 Å². The Morgan fingerprint density at radius 2 is 2.19 bits per heavy atom. The summed E-state index contributed by atoms with van der Waals surface area (Å²) >= 11 is 0.